The van der Waals surface area contributed by atoms with Crippen LogP contribution >= 0.6 is 11.3 Å². The predicted molar refractivity (Wildman–Crippen MR) is 130 cm³/mol. The van der Waals surface area contributed by atoms with Crippen LogP contribution in [0.2, 0.25) is 0 Å². The molecule has 3 heterocycles. The highest BCUT2D eigenvalue weighted by molar-refractivity contribution is 7.14. The largest absolute Gasteiger partial charge is 0.364 e. The summed E-state index contributed by atoms with van der Waals surface area (Å²) in [5, 5.41) is 5.92. The Kier molecular flexibility index (Phi) is 5.20. The smallest absolute Gasteiger partial charge is 0.265 e. The van der Waals surface area contributed by atoms with Crippen LogP contribution in [0.15, 0.2) is 72.2 Å². The lowest BCUT2D eigenvalue weighted by atomic mass is 10.0. The zero-order chi connectivity index (χ0) is 22.9. The van der Waals surface area contributed by atoms with Crippen LogP contribution in [0.25, 0.3) is 33.4 Å². The SMILES string of the molecule is Cc1ccc(-c2cc(C(=O)Nc3nc(-c4c[nH]c(C(N)=O)c4)cs3)c3ccccc3n2)cc1. The molecule has 0 aliphatic rings. The van der Waals surface area contributed by atoms with Crippen molar-refractivity contribution in [2.75, 3.05) is 5.32 Å². The van der Waals surface area contributed by atoms with Gasteiger partial charge in [0.05, 0.1) is 22.5 Å². The summed E-state index contributed by atoms with van der Waals surface area (Å²) in [6.07, 6.45) is 1.66. The molecule has 2 amide bonds. The molecule has 0 fully saturated rings. The Morgan fingerprint density at radius 3 is 2.52 bits per heavy atom. The van der Waals surface area contributed by atoms with Gasteiger partial charge >= 0.3 is 0 Å². The van der Waals surface area contributed by atoms with E-state index in [0.717, 1.165) is 33.3 Å². The number of anilines is 1. The summed E-state index contributed by atoms with van der Waals surface area (Å²) in [4.78, 5) is 36.6. The molecule has 0 aliphatic heterocycles. The Labute approximate surface area is 193 Å². The molecule has 2 aromatic carbocycles. The fourth-order valence-electron chi connectivity index (χ4n) is 3.55. The normalized spacial score (nSPS) is 10.9. The van der Waals surface area contributed by atoms with Crippen LogP contribution in [-0.4, -0.2) is 26.8 Å². The molecular weight excluding hydrogens is 434 g/mol. The minimum atomic E-state index is -0.543. The Bertz CT molecular complexity index is 1500. The predicted octanol–water partition coefficient (Wildman–Crippen LogP) is 5.01. The number of carbonyl (C=O) groups is 2. The van der Waals surface area contributed by atoms with E-state index in [2.05, 4.69) is 15.3 Å². The molecule has 5 aromatic rings. The van der Waals surface area contributed by atoms with Gasteiger partial charge in [-0.3, -0.25) is 14.9 Å². The maximum atomic E-state index is 13.3. The molecule has 0 saturated heterocycles. The summed E-state index contributed by atoms with van der Waals surface area (Å²) in [7, 11) is 0. The highest BCUT2D eigenvalue weighted by atomic mass is 32.1. The number of amides is 2. The van der Waals surface area contributed by atoms with E-state index in [-0.39, 0.29) is 5.91 Å². The van der Waals surface area contributed by atoms with Gasteiger partial charge in [0.1, 0.15) is 5.69 Å². The third kappa shape index (κ3) is 4.11. The molecule has 162 valence electrons. The number of para-hydroxylation sites is 1. The maximum Gasteiger partial charge on any atom is 0.265 e. The standard InChI is InChI=1S/C25H19N5O2S/c1-14-6-8-15(9-7-14)20-11-18(17-4-2-3-5-19(17)28-20)24(32)30-25-29-22(13-33-25)16-10-21(23(26)31)27-12-16/h2-13,27H,1H3,(H2,26,31)(H,29,30,32). The average Bonchev–Trinajstić information content (AvgIpc) is 3.49. The van der Waals surface area contributed by atoms with E-state index < -0.39 is 5.91 Å². The summed E-state index contributed by atoms with van der Waals surface area (Å²) >= 11 is 1.30. The summed E-state index contributed by atoms with van der Waals surface area (Å²) in [5.41, 5.74) is 11.0. The number of nitrogens with one attached hydrogen (secondary N) is 2. The van der Waals surface area contributed by atoms with Gasteiger partial charge in [-0.2, -0.15) is 0 Å². The van der Waals surface area contributed by atoms with Crippen molar-refractivity contribution in [3.05, 3.63) is 89.1 Å². The number of hydrogen-bond donors (Lipinski definition) is 3. The monoisotopic (exact) mass is 453 g/mol. The minimum Gasteiger partial charge on any atom is -0.364 e. The number of nitrogens with two attached hydrogens (primary N) is 1. The summed E-state index contributed by atoms with van der Waals surface area (Å²) in [6, 6.07) is 19.0. The topological polar surface area (TPSA) is 114 Å². The van der Waals surface area contributed by atoms with Crippen molar-refractivity contribution in [1.29, 1.82) is 0 Å². The third-order valence-electron chi connectivity index (χ3n) is 5.28. The number of nitrogens with zero attached hydrogens (tertiary/aromatic N) is 2. The quantitative estimate of drug-likeness (QED) is 0.347. The minimum absolute atomic E-state index is 0.269. The van der Waals surface area contributed by atoms with Crippen LogP contribution in [0.1, 0.15) is 26.4 Å². The van der Waals surface area contributed by atoms with Gasteiger partial charge in [0.15, 0.2) is 5.13 Å². The van der Waals surface area contributed by atoms with E-state index in [1.807, 2.05) is 66.9 Å². The molecule has 0 unspecified atom stereocenters. The highest BCUT2D eigenvalue weighted by Crippen LogP contribution is 2.28. The number of aromatic amines is 1. The maximum absolute atomic E-state index is 13.3. The number of pyridine rings is 1. The van der Waals surface area contributed by atoms with Crippen molar-refractivity contribution in [1.82, 2.24) is 15.0 Å². The molecule has 0 aliphatic carbocycles. The molecule has 33 heavy (non-hydrogen) atoms. The van der Waals surface area contributed by atoms with E-state index in [4.69, 9.17) is 10.7 Å². The van der Waals surface area contributed by atoms with Crippen molar-refractivity contribution in [2.45, 2.75) is 6.92 Å². The number of aryl methyl sites for hydroxylation is 1. The molecule has 7 nitrogen and oxygen atoms in total. The van der Waals surface area contributed by atoms with Crippen molar-refractivity contribution >= 4 is 39.2 Å². The number of carbonyl (C=O) groups excluding carboxylic acids is 2. The van der Waals surface area contributed by atoms with Crippen LogP contribution in [0.3, 0.4) is 0 Å². The van der Waals surface area contributed by atoms with E-state index in [9.17, 15) is 9.59 Å². The molecule has 0 bridgehead atoms. The van der Waals surface area contributed by atoms with Gasteiger partial charge in [-0.1, -0.05) is 48.0 Å². The molecular formula is C25H19N5O2S. The summed E-state index contributed by atoms with van der Waals surface area (Å²) in [5.74, 6) is -0.811. The van der Waals surface area contributed by atoms with Gasteiger partial charge in [0.2, 0.25) is 0 Å². The first-order valence-electron chi connectivity index (χ1n) is 10.2. The van der Waals surface area contributed by atoms with Crippen LogP contribution in [0, 0.1) is 6.92 Å². The molecule has 0 saturated carbocycles. The van der Waals surface area contributed by atoms with Gasteiger partial charge in [0, 0.05) is 28.1 Å². The van der Waals surface area contributed by atoms with Gasteiger partial charge < -0.3 is 10.7 Å². The molecule has 4 N–H and O–H groups in total. The van der Waals surface area contributed by atoms with E-state index >= 15 is 0 Å². The van der Waals surface area contributed by atoms with Crippen LogP contribution < -0.4 is 11.1 Å². The van der Waals surface area contributed by atoms with E-state index in [1.54, 1.807) is 12.3 Å². The number of benzene rings is 2. The zero-order valence-electron chi connectivity index (χ0n) is 17.6. The lowest BCUT2D eigenvalue weighted by Gasteiger charge is -2.10. The number of hydrogen-bond acceptors (Lipinski definition) is 5. The third-order valence-corrected chi connectivity index (χ3v) is 6.03. The highest BCUT2D eigenvalue weighted by Gasteiger charge is 2.16. The van der Waals surface area contributed by atoms with Crippen LogP contribution in [0.4, 0.5) is 5.13 Å². The number of thiazole rings is 1. The molecule has 3 aromatic heterocycles. The second-order valence-electron chi connectivity index (χ2n) is 7.60. The van der Waals surface area contributed by atoms with Crippen molar-refractivity contribution < 1.29 is 9.59 Å². The lowest BCUT2D eigenvalue weighted by Crippen LogP contribution is -2.13. The molecule has 0 radical (unpaired) electrons. The molecule has 0 spiro atoms. The Balaban J connectivity index is 1.47. The summed E-state index contributed by atoms with van der Waals surface area (Å²) < 4.78 is 0. The average molecular weight is 454 g/mol. The Hall–Kier alpha value is -4.30. The molecule has 0 atom stereocenters. The molecule has 5 rings (SSSR count). The van der Waals surface area contributed by atoms with E-state index in [1.165, 1.54) is 11.3 Å². The van der Waals surface area contributed by atoms with Crippen LogP contribution in [0.5, 0.6) is 0 Å². The van der Waals surface area contributed by atoms with Crippen molar-refractivity contribution in [2.24, 2.45) is 5.73 Å². The number of aromatic nitrogens is 3. The van der Waals surface area contributed by atoms with Gasteiger partial charge in [-0.05, 0) is 25.1 Å². The fraction of sp³-hybridized carbons (Fsp3) is 0.0400. The first kappa shape index (κ1) is 20.6. The number of primary amides is 1. The lowest BCUT2D eigenvalue weighted by molar-refractivity contribution is 0.0994. The van der Waals surface area contributed by atoms with E-state index in [0.29, 0.717) is 22.1 Å². The zero-order valence-corrected chi connectivity index (χ0v) is 18.4. The van der Waals surface area contributed by atoms with Gasteiger partial charge in [-0.15, -0.1) is 11.3 Å². The number of H-pyrrole nitrogens is 1. The first-order chi connectivity index (χ1) is 16.0. The second kappa shape index (κ2) is 8.33. The van der Waals surface area contributed by atoms with Gasteiger partial charge in [-0.25, -0.2) is 9.97 Å². The summed E-state index contributed by atoms with van der Waals surface area (Å²) in [6.45, 7) is 2.03. The second-order valence-corrected chi connectivity index (χ2v) is 8.45. The fourth-order valence-corrected chi connectivity index (χ4v) is 4.26. The molecule has 8 heteroatoms. The number of rotatable bonds is 5. The van der Waals surface area contributed by atoms with Crippen LogP contribution in [-0.2, 0) is 0 Å². The van der Waals surface area contributed by atoms with Crippen molar-refractivity contribution in [3.8, 4) is 22.5 Å². The van der Waals surface area contributed by atoms with Crippen molar-refractivity contribution in [3.63, 3.8) is 0 Å². The first-order valence-corrected chi connectivity index (χ1v) is 11.1. The Morgan fingerprint density at radius 2 is 1.76 bits per heavy atom. The number of fused-ring (bicyclic) bond motifs is 1. The van der Waals surface area contributed by atoms with Gasteiger partial charge in [0.25, 0.3) is 11.8 Å². The Morgan fingerprint density at radius 1 is 0.970 bits per heavy atom.